The normalized spacial score (nSPS) is 11.2. The molecule has 1 aromatic carbocycles. The first kappa shape index (κ1) is 16.7. The lowest BCUT2D eigenvalue weighted by Crippen LogP contribution is -2.20. The van der Waals surface area contributed by atoms with Gasteiger partial charge in [0.1, 0.15) is 5.75 Å². The van der Waals surface area contributed by atoms with E-state index < -0.39 is 15.7 Å². The molecular weight excluding hydrogens is 350 g/mol. The maximum absolute atomic E-state index is 11.7. The number of nitrogens with zero attached hydrogens (tertiary/aromatic N) is 2. The van der Waals surface area contributed by atoms with Gasteiger partial charge in [0.15, 0.2) is 6.61 Å². The largest absolute Gasteiger partial charge is 0.484 e. The Morgan fingerprint density at radius 3 is 2.73 bits per heavy atom. The second kappa shape index (κ2) is 6.59. The summed E-state index contributed by atoms with van der Waals surface area (Å²) in [6.45, 7) is 1.58. The summed E-state index contributed by atoms with van der Waals surface area (Å²) in [6, 6.07) is 5.03. The van der Waals surface area contributed by atoms with Crippen LogP contribution in [0.4, 0.5) is 5.13 Å². The van der Waals surface area contributed by atoms with Gasteiger partial charge in [-0.1, -0.05) is 22.9 Å². The zero-order valence-corrected chi connectivity index (χ0v) is 14.0. The van der Waals surface area contributed by atoms with Crippen molar-refractivity contribution >= 4 is 43.8 Å². The van der Waals surface area contributed by atoms with Crippen molar-refractivity contribution in [2.24, 2.45) is 0 Å². The zero-order chi connectivity index (χ0) is 16.3. The first-order valence-electron chi connectivity index (χ1n) is 5.98. The van der Waals surface area contributed by atoms with Gasteiger partial charge in [-0.3, -0.25) is 10.1 Å². The summed E-state index contributed by atoms with van der Waals surface area (Å²) >= 11 is 6.67. The second-order valence-electron chi connectivity index (χ2n) is 4.39. The minimum atomic E-state index is -3.43. The van der Waals surface area contributed by atoms with Gasteiger partial charge in [-0.05, 0) is 30.7 Å². The van der Waals surface area contributed by atoms with E-state index in [1.165, 1.54) is 0 Å². The highest BCUT2D eigenvalue weighted by atomic mass is 35.5. The molecule has 0 unspecified atom stereocenters. The number of hydrogen-bond donors (Lipinski definition) is 1. The fourth-order valence-corrected chi connectivity index (χ4v) is 3.06. The van der Waals surface area contributed by atoms with Gasteiger partial charge in [-0.15, -0.1) is 10.2 Å². The second-order valence-corrected chi connectivity index (χ2v) is 7.97. The Balaban J connectivity index is 1.93. The monoisotopic (exact) mass is 361 g/mol. The minimum Gasteiger partial charge on any atom is -0.484 e. The number of sulfone groups is 1. The molecule has 2 aromatic rings. The van der Waals surface area contributed by atoms with Gasteiger partial charge in [0.05, 0.1) is 0 Å². The predicted octanol–water partition coefficient (Wildman–Crippen LogP) is 1.92. The van der Waals surface area contributed by atoms with E-state index in [0.29, 0.717) is 10.8 Å². The van der Waals surface area contributed by atoms with Crippen molar-refractivity contribution < 1.29 is 17.9 Å². The summed E-state index contributed by atoms with van der Waals surface area (Å²) in [7, 11) is -3.43. The van der Waals surface area contributed by atoms with Crippen LogP contribution in [-0.4, -0.2) is 37.4 Å². The van der Waals surface area contributed by atoms with Gasteiger partial charge in [0, 0.05) is 11.3 Å². The molecule has 2 rings (SSSR count). The summed E-state index contributed by atoms with van der Waals surface area (Å²) < 4.78 is 27.7. The van der Waals surface area contributed by atoms with E-state index in [0.717, 1.165) is 23.2 Å². The third kappa shape index (κ3) is 4.39. The van der Waals surface area contributed by atoms with Crippen LogP contribution in [0.1, 0.15) is 5.56 Å². The molecule has 0 saturated carbocycles. The number of hydrogen-bond acceptors (Lipinski definition) is 7. The molecule has 7 nitrogen and oxygen atoms in total. The van der Waals surface area contributed by atoms with Crippen LogP contribution >= 0.6 is 22.9 Å². The number of aromatic nitrogens is 2. The molecule has 0 bridgehead atoms. The summed E-state index contributed by atoms with van der Waals surface area (Å²) in [5.41, 5.74) is 0.835. The molecule has 22 heavy (non-hydrogen) atoms. The number of carbonyl (C=O) groups is 1. The summed E-state index contributed by atoms with van der Waals surface area (Å²) in [4.78, 5) is 11.7. The molecule has 0 aliphatic carbocycles. The standard InChI is InChI=1S/C12H12ClN3O4S2/c1-7-5-8(3-4-9(7)13)20-6-10(17)14-11-15-16-12(21-11)22(2,18)19/h3-5H,6H2,1-2H3,(H,14,15,17). The molecule has 0 fully saturated rings. The number of amides is 1. The van der Waals surface area contributed by atoms with E-state index in [1.54, 1.807) is 18.2 Å². The molecule has 0 aliphatic rings. The van der Waals surface area contributed by atoms with Crippen molar-refractivity contribution in [3.8, 4) is 5.75 Å². The molecular formula is C12H12ClN3O4S2. The highest BCUT2D eigenvalue weighted by Gasteiger charge is 2.15. The average molecular weight is 362 g/mol. The van der Waals surface area contributed by atoms with Gasteiger partial charge in [-0.25, -0.2) is 8.42 Å². The van der Waals surface area contributed by atoms with Crippen LogP contribution in [0.5, 0.6) is 5.75 Å². The van der Waals surface area contributed by atoms with Crippen LogP contribution in [0, 0.1) is 6.92 Å². The Kier molecular flexibility index (Phi) is 4.99. The first-order chi connectivity index (χ1) is 10.3. The Morgan fingerprint density at radius 2 is 2.14 bits per heavy atom. The number of benzene rings is 1. The number of carbonyl (C=O) groups excluding carboxylic acids is 1. The molecule has 0 radical (unpaired) electrons. The number of nitrogens with one attached hydrogen (secondary N) is 1. The smallest absolute Gasteiger partial charge is 0.264 e. The van der Waals surface area contributed by atoms with Gasteiger partial charge in [0.2, 0.25) is 19.3 Å². The fraction of sp³-hybridized carbons (Fsp3) is 0.250. The fourth-order valence-electron chi connectivity index (χ4n) is 1.42. The molecule has 1 N–H and O–H groups in total. The van der Waals surface area contributed by atoms with E-state index in [9.17, 15) is 13.2 Å². The van der Waals surface area contributed by atoms with Crippen LogP contribution in [0.25, 0.3) is 0 Å². The number of aryl methyl sites for hydroxylation is 1. The molecule has 1 amide bonds. The Bertz CT molecular complexity index is 804. The Hall–Kier alpha value is -1.71. The molecule has 0 aliphatic heterocycles. The third-order valence-electron chi connectivity index (χ3n) is 2.47. The van der Waals surface area contributed by atoms with Crippen LogP contribution < -0.4 is 10.1 Å². The van der Waals surface area contributed by atoms with E-state index in [2.05, 4.69) is 15.5 Å². The van der Waals surface area contributed by atoms with Gasteiger partial charge in [0.25, 0.3) is 5.91 Å². The molecule has 118 valence electrons. The highest BCUT2D eigenvalue weighted by molar-refractivity contribution is 7.92. The summed E-state index contributed by atoms with van der Waals surface area (Å²) in [5.74, 6) is 0.0370. The molecule has 1 heterocycles. The number of halogens is 1. The maximum atomic E-state index is 11.7. The van der Waals surface area contributed by atoms with E-state index in [1.807, 2.05) is 6.92 Å². The molecule has 0 saturated heterocycles. The van der Waals surface area contributed by atoms with Crippen LogP contribution in [-0.2, 0) is 14.6 Å². The predicted molar refractivity (Wildman–Crippen MR) is 83.3 cm³/mol. The third-order valence-corrected chi connectivity index (χ3v) is 5.40. The molecule has 0 spiro atoms. The van der Waals surface area contributed by atoms with E-state index >= 15 is 0 Å². The van der Waals surface area contributed by atoms with Crippen molar-refractivity contribution in [2.45, 2.75) is 11.3 Å². The minimum absolute atomic E-state index is 0.0984. The highest BCUT2D eigenvalue weighted by Crippen LogP contribution is 2.21. The Labute approximate surface area is 136 Å². The van der Waals surface area contributed by atoms with Gasteiger partial charge in [-0.2, -0.15) is 0 Å². The van der Waals surface area contributed by atoms with Gasteiger partial charge >= 0.3 is 0 Å². The topological polar surface area (TPSA) is 98.2 Å². The van der Waals surface area contributed by atoms with Crippen molar-refractivity contribution in [1.29, 1.82) is 0 Å². The van der Waals surface area contributed by atoms with Crippen LogP contribution in [0.2, 0.25) is 5.02 Å². The lowest BCUT2D eigenvalue weighted by atomic mass is 10.2. The van der Waals surface area contributed by atoms with Crippen molar-refractivity contribution in [1.82, 2.24) is 10.2 Å². The van der Waals surface area contributed by atoms with Gasteiger partial charge < -0.3 is 4.74 Å². The molecule has 10 heteroatoms. The summed E-state index contributed by atoms with van der Waals surface area (Å²) in [5, 5.41) is 10.2. The Morgan fingerprint density at radius 1 is 1.41 bits per heavy atom. The van der Waals surface area contributed by atoms with E-state index in [4.69, 9.17) is 16.3 Å². The van der Waals surface area contributed by atoms with Crippen LogP contribution in [0.3, 0.4) is 0 Å². The SMILES string of the molecule is Cc1cc(OCC(=O)Nc2nnc(S(C)(=O)=O)s2)ccc1Cl. The average Bonchev–Trinajstić information content (AvgIpc) is 2.88. The van der Waals surface area contributed by atoms with Crippen LogP contribution in [0.15, 0.2) is 22.5 Å². The lowest BCUT2D eigenvalue weighted by molar-refractivity contribution is -0.118. The summed E-state index contributed by atoms with van der Waals surface area (Å²) in [6.07, 6.45) is 1.02. The number of anilines is 1. The molecule has 0 atom stereocenters. The molecule has 1 aromatic heterocycles. The number of rotatable bonds is 5. The van der Waals surface area contributed by atoms with E-state index in [-0.39, 0.29) is 16.1 Å². The number of ether oxygens (including phenoxy) is 1. The van der Waals surface area contributed by atoms with Crippen molar-refractivity contribution in [3.63, 3.8) is 0 Å². The first-order valence-corrected chi connectivity index (χ1v) is 9.06. The zero-order valence-electron chi connectivity index (χ0n) is 11.7. The van der Waals surface area contributed by atoms with Crippen molar-refractivity contribution in [2.75, 3.05) is 18.2 Å². The maximum Gasteiger partial charge on any atom is 0.264 e. The van der Waals surface area contributed by atoms with Crippen molar-refractivity contribution in [3.05, 3.63) is 28.8 Å². The quantitative estimate of drug-likeness (QED) is 0.817. The lowest BCUT2D eigenvalue weighted by Gasteiger charge is -2.07.